The van der Waals surface area contributed by atoms with Crippen LogP contribution in [0.3, 0.4) is 0 Å². The van der Waals surface area contributed by atoms with E-state index in [0.717, 1.165) is 17.0 Å². The first-order valence-electron chi connectivity index (χ1n) is 6.79. The first-order valence-corrected chi connectivity index (χ1v) is 7.17. The van der Waals surface area contributed by atoms with Gasteiger partial charge in [0.2, 0.25) is 5.88 Å². The van der Waals surface area contributed by atoms with Crippen molar-refractivity contribution in [2.75, 3.05) is 7.11 Å². The molecule has 0 fully saturated rings. The summed E-state index contributed by atoms with van der Waals surface area (Å²) in [5.74, 6) is 1.05. The van der Waals surface area contributed by atoms with Crippen molar-refractivity contribution < 1.29 is 4.74 Å². The van der Waals surface area contributed by atoms with Gasteiger partial charge in [-0.3, -0.25) is 0 Å². The van der Waals surface area contributed by atoms with Crippen molar-refractivity contribution in [1.29, 1.82) is 0 Å². The van der Waals surface area contributed by atoms with Gasteiger partial charge in [-0.05, 0) is 25.1 Å². The predicted octanol–water partition coefficient (Wildman–Crippen LogP) is 4.18. The number of aromatic nitrogens is 3. The first-order chi connectivity index (χ1) is 10.7. The van der Waals surface area contributed by atoms with Gasteiger partial charge in [0.05, 0.1) is 12.8 Å². The molecule has 0 aliphatic heterocycles. The largest absolute Gasteiger partial charge is 0.481 e. The second kappa shape index (κ2) is 6.12. The summed E-state index contributed by atoms with van der Waals surface area (Å²) in [5.41, 5.74) is 3.17. The summed E-state index contributed by atoms with van der Waals surface area (Å²) in [7, 11) is 1.58. The minimum Gasteiger partial charge on any atom is -0.481 e. The van der Waals surface area contributed by atoms with Crippen LogP contribution < -0.4 is 4.74 Å². The Hall–Kier alpha value is -2.46. The molecule has 0 unspecified atom stereocenters. The number of aryl methyl sites for hydroxylation is 1. The monoisotopic (exact) mass is 311 g/mol. The Bertz CT molecular complexity index is 821. The van der Waals surface area contributed by atoms with Crippen molar-refractivity contribution in [3.05, 3.63) is 59.2 Å². The molecule has 0 saturated carbocycles. The molecule has 0 amide bonds. The van der Waals surface area contributed by atoms with Crippen LogP contribution >= 0.6 is 11.6 Å². The van der Waals surface area contributed by atoms with Gasteiger partial charge in [0.25, 0.3) is 0 Å². The highest BCUT2D eigenvalue weighted by Crippen LogP contribution is 2.27. The van der Waals surface area contributed by atoms with Gasteiger partial charge in [-0.15, -0.1) is 0 Å². The Morgan fingerprint density at radius 1 is 0.909 bits per heavy atom. The number of pyridine rings is 1. The fraction of sp³-hybridized carbons (Fsp3) is 0.118. The van der Waals surface area contributed by atoms with E-state index in [1.165, 1.54) is 0 Å². The van der Waals surface area contributed by atoms with Crippen LogP contribution in [0.5, 0.6) is 5.88 Å². The van der Waals surface area contributed by atoms with E-state index in [1.54, 1.807) is 13.2 Å². The summed E-state index contributed by atoms with van der Waals surface area (Å²) in [6, 6.07) is 15.1. The molecular formula is C17H14ClN3O. The Balaban J connectivity index is 2.09. The van der Waals surface area contributed by atoms with E-state index >= 15 is 0 Å². The number of rotatable bonds is 3. The van der Waals surface area contributed by atoms with Crippen LogP contribution in [-0.4, -0.2) is 22.1 Å². The van der Waals surface area contributed by atoms with Crippen LogP contribution in [0.4, 0.5) is 0 Å². The van der Waals surface area contributed by atoms with Crippen molar-refractivity contribution in [3.8, 4) is 28.7 Å². The average molecular weight is 312 g/mol. The minimum absolute atomic E-state index is 0.521. The van der Waals surface area contributed by atoms with Gasteiger partial charge in [0.15, 0.2) is 5.82 Å². The smallest absolute Gasteiger partial charge is 0.216 e. The molecule has 2 aromatic heterocycles. The third-order valence-electron chi connectivity index (χ3n) is 3.17. The van der Waals surface area contributed by atoms with Crippen LogP contribution in [0.2, 0.25) is 5.02 Å². The van der Waals surface area contributed by atoms with Gasteiger partial charge in [0, 0.05) is 22.3 Å². The molecule has 3 rings (SSSR count). The van der Waals surface area contributed by atoms with Gasteiger partial charge >= 0.3 is 0 Å². The lowest BCUT2D eigenvalue weighted by Crippen LogP contribution is -1.98. The fourth-order valence-electron chi connectivity index (χ4n) is 2.14. The van der Waals surface area contributed by atoms with Crippen molar-refractivity contribution in [1.82, 2.24) is 15.0 Å². The van der Waals surface area contributed by atoms with Gasteiger partial charge in [-0.25, -0.2) is 9.97 Å². The van der Waals surface area contributed by atoms with Crippen molar-refractivity contribution in [3.63, 3.8) is 0 Å². The third kappa shape index (κ3) is 2.92. The SMILES string of the molecule is COc1cc(C)nc(-c2cccc(-c3ccccc3Cl)n2)n1. The lowest BCUT2D eigenvalue weighted by Gasteiger charge is -2.07. The summed E-state index contributed by atoms with van der Waals surface area (Å²) < 4.78 is 5.19. The molecule has 3 aromatic rings. The molecule has 0 spiro atoms. The van der Waals surface area contributed by atoms with Gasteiger partial charge < -0.3 is 4.74 Å². The highest BCUT2D eigenvalue weighted by atomic mass is 35.5. The van der Waals surface area contributed by atoms with Gasteiger partial charge in [-0.1, -0.05) is 35.9 Å². The number of nitrogens with zero attached hydrogens (tertiary/aromatic N) is 3. The Labute approximate surface area is 133 Å². The Kier molecular flexibility index (Phi) is 4.02. The normalized spacial score (nSPS) is 10.5. The number of benzene rings is 1. The van der Waals surface area contributed by atoms with E-state index in [2.05, 4.69) is 15.0 Å². The van der Waals surface area contributed by atoms with E-state index in [1.807, 2.05) is 49.4 Å². The zero-order valence-corrected chi connectivity index (χ0v) is 13.0. The molecule has 1 aromatic carbocycles. The Morgan fingerprint density at radius 2 is 1.68 bits per heavy atom. The van der Waals surface area contributed by atoms with Crippen LogP contribution in [0, 0.1) is 6.92 Å². The maximum absolute atomic E-state index is 6.24. The van der Waals surface area contributed by atoms with Crippen molar-refractivity contribution in [2.45, 2.75) is 6.92 Å². The molecule has 110 valence electrons. The number of ether oxygens (including phenoxy) is 1. The average Bonchev–Trinajstić information content (AvgIpc) is 2.55. The predicted molar refractivity (Wildman–Crippen MR) is 87.0 cm³/mol. The first kappa shape index (κ1) is 14.5. The molecule has 0 aliphatic carbocycles. The van der Waals surface area contributed by atoms with Gasteiger partial charge in [0.1, 0.15) is 5.69 Å². The molecule has 2 heterocycles. The minimum atomic E-state index is 0.521. The molecule has 0 N–H and O–H groups in total. The highest BCUT2D eigenvalue weighted by Gasteiger charge is 2.10. The summed E-state index contributed by atoms with van der Waals surface area (Å²) in [6.07, 6.45) is 0. The summed E-state index contributed by atoms with van der Waals surface area (Å²) in [6.45, 7) is 1.89. The van der Waals surface area contributed by atoms with E-state index in [9.17, 15) is 0 Å². The maximum atomic E-state index is 6.24. The zero-order valence-electron chi connectivity index (χ0n) is 12.2. The number of methoxy groups -OCH3 is 1. The van der Waals surface area contributed by atoms with E-state index in [0.29, 0.717) is 22.4 Å². The van der Waals surface area contributed by atoms with Gasteiger partial charge in [-0.2, -0.15) is 4.98 Å². The second-order valence-electron chi connectivity index (χ2n) is 4.76. The molecule has 5 heteroatoms. The molecule has 0 aliphatic rings. The van der Waals surface area contributed by atoms with Crippen molar-refractivity contribution in [2.24, 2.45) is 0 Å². The lowest BCUT2D eigenvalue weighted by molar-refractivity contribution is 0.397. The summed E-state index contributed by atoms with van der Waals surface area (Å²) in [5, 5.41) is 0.662. The van der Waals surface area contributed by atoms with Crippen LogP contribution in [0.25, 0.3) is 22.8 Å². The fourth-order valence-corrected chi connectivity index (χ4v) is 2.37. The summed E-state index contributed by atoms with van der Waals surface area (Å²) >= 11 is 6.24. The molecule has 0 radical (unpaired) electrons. The topological polar surface area (TPSA) is 47.9 Å². The summed E-state index contributed by atoms with van der Waals surface area (Å²) in [4.78, 5) is 13.4. The lowest BCUT2D eigenvalue weighted by atomic mass is 10.1. The number of hydrogen-bond donors (Lipinski definition) is 0. The molecule has 22 heavy (non-hydrogen) atoms. The number of halogens is 1. The van der Waals surface area contributed by atoms with Crippen molar-refractivity contribution >= 4 is 11.6 Å². The Morgan fingerprint density at radius 3 is 2.45 bits per heavy atom. The second-order valence-corrected chi connectivity index (χ2v) is 5.17. The standard InChI is InChI=1S/C17H14ClN3O/c1-11-10-16(22-2)21-17(19-11)15-9-5-8-14(20-15)12-6-3-4-7-13(12)18/h3-10H,1-2H3. The molecular weight excluding hydrogens is 298 g/mol. The van der Waals surface area contributed by atoms with E-state index in [-0.39, 0.29) is 0 Å². The molecule has 4 nitrogen and oxygen atoms in total. The van der Waals surface area contributed by atoms with Crippen LogP contribution in [-0.2, 0) is 0 Å². The highest BCUT2D eigenvalue weighted by molar-refractivity contribution is 6.33. The van der Waals surface area contributed by atoms with E-state index < -0.39 is 0 Å². The van der Waals surface area contributed by atoms with E-state index in [4.69, 9.17) is 16.3 Å². The van der Waals surface area contributed by atoms with Crippen LogP contribution in [0.15, 0.2) is 48.5 Å². The van der Waals surface area contributed by atoms with Crippen LogP contribution in [0.1, 0.15) is 5.69 Å². The quantitative estimate of drug-likeness (QED) is 0.728. The molecule has 0 saturated heterocycles. The number of hydrogen-bond acceptors (Lipinski definition) is 4. The zero-order chi connectivity index (χ0) is 15.5. The molecule has 0 bridgehead atoms. The maximum Gasteiger partial charge on any atom is 0.216 e. The molecule has 0 atom stereocenters. The third-order valence-corrected chi connectivity index (χ3v) is 3.50.